The van der Waals surface area contributed by atoms with E-state index in [9.17, 15) is 21.6 Å². The van der Waals surface area contributed by atoms with Gasteiger partial charge in [-0.05, 0) is 34.1 Å². The molecule has 0 amide bonds. The minimum atomic E-state index is -5.63. The highest BCUT2D eigenvalue weighted by Gasteiger charge is 2.48. The topological polar surface area (TPSA) is 43.4 Å². The molecule has 0 spiro atoms. The summed E-state index contributed by atoms with van der Waals surface area (Å²) in [5.74, 6) is -0.430. The predicted molar refractivity (Wildman–Crippen MR) is 57.4 cm³/mol. The maximum absolute atomic E-state index is 12.0. The molecule has 0 atom stereocenters. The molecule has 0 unspecified atom stereocenters. The van der Waals surface area contributed by atoms with E-state index >= 15 is 0 Å². The van der Waals surface area contributed by atoms with Crippen molar-refractivity contribution in [2.75, 3.05) is 0 Å². The molecular weight excluding hydrogens is 381 g/mol. The monoisotopic (exact) mass is 382 g/mol. The number of rotatable bonds is 2. The van der Waals surface area contributed by atoms with Gasteiger partial charge in [0, 0.05) is 4.47 Å². The van der Waals surface area contributed by atoms with Crippen LogP contribution in [-0.2, 0) is 10.1 Å². The van der Waals surface area contributed by atoms with Gasteiger partial charge in [0.05, 0.1) is 4.47 Å². The van der Waals surface area contributed by atoms with Gasteiger partial charge in [-0.2, -0.15) is 21.6 Å². The standard InChI is InChI=1S/C7H3Br2F3O3S/c8-4-1-2-6(5(9)3-4)15-16(13,14)7(10,11)12/h1-3H. The van der Waals surface area contributed by atoms with Crippen molar-refractivity contribution in [1.82, 2.24) is 0 Å². The lowest BCUT2D eigenvalue weighted by Gasteiger charge is -2.10. The molecule has 0 aliphatic heterocycles. The van der Waals surface area contributed by atoms with E-state index in [0.717, 1.165) is 6.07 Å². The van der Waals surface area contributed by atoms with Crippen molar-refractivity contribution in [2.45, 2.75) is 5.51 Å². The first-order valence-corrected chi connectivity index (χ1v) is 6.59. The molecule has 9 heteroatoms. The first-order chi connectivity index (χ1) is 7.13. The van der Waals surface area contributed by atoms with Gasteiger partial charge in [-0.1, -0.05) is 15.9 Å². The van der Waals surface area contributed by atoms with Crippen LogP contribution >= 0.6 is 31.9 Å². The number of hydrogen-bond acceptors (Lipinski definition) is 3. The van der Waals surface area contributed by atoms with Crippen molar-refractivity contribution in [3.05, 3.63) is 27.1 Å². The van der Waals surface area contributed by atoms with E-state index in [4.69, 9.17) is 0 Å². The molecule has 0 bridgehead atoms. The van der Waals surface area contributed by atoms with E-state index in [1.165, 1.54) is 12.1 Å². The summed E-state index contributed by atoms with van der Waals surface area (Å²) in [6.07, 6.45) is 0. The molecule has 16 heavy (non-hydrogen) atoms. The lowest BCUT2D eigenvalue weighted by atomic mass is 10.3. The largest absolute Gasteiger partial charge is 0.534 e. The smallest absolute Gasteiger partial charge is 0.375 e. The van der Waals surface area contributed by atoms with Crippen LogP contribution in [0.5, 0.6) is 5.75 Å². The number of alkyl halides is 3. The quantitative estimate of drug-likeness (QED) is 0.580. The highest BCUT2D eigenvalue weighted by atomic mass is 79.9. The molecular formula is C7H3Br2F3O3S. The van der Waals surface area contributed by atoms with Crippen LogP contribution in [0.4, 0.5) is 13.2 Å². The highest BCUT2D eigenvalue weighted by Crippen LogP contribution is 2.33. The average Bonchev–Trinajstić information content (AvgIpc) is 2.08. The fourth-order valence-corrected chi connectivity index (χ4v) is 2.42. The summed E-state index contributed by atoms with van der Waals surface area (Å²) in [5.41, 5.74) is -5.44. The van der Waals surface area contributed by atoms with E-state index in [1.54, 1.807) is 0 Å². The molecule has 1 aromatic carbocycles. The molecule has 0 heterocycles. The van der Waals surface area contributed by atoms with Crippen LogP contribution in [-0.4, -0.2) is 13.9 Å². The highest BCUT2D eigenvalue weighted by molar-refractivity contribution is 9.11. The molecule has 1 aromatic rings. The van der Waals surface area contributed by atoms with E-state index < -0.39 is 21.4 Å². The van der Waals surface area contributed by atoms with Crippen LogP contribution in [0.3, 0.4) is 0 Å². The van der Waals surface area contributed by atoms with Crippen molar-refractivity contribution in [3.63, 3.8) is 0 Å². The van der Waals surface area contributed by atoms with Crippen LogP contribution in [0.25, 0.3) is 0 Å². The lowest BCUT2D eigenvalue weighted by molar-refractivity contribution is -0.0500. The summed E-state index contributed by atoms with van der Waals surface area (Å²) in [6.45, 7) is 0. The van der Waals surface area contributed by atoms with Crippen LogP contribution in [0.2, 0.25) is 0 Å². The number of hydrogen-bond donors (Lipinski definition) is 0. The summed E-state index contributed by atoms with van der Waals surface area (Å²) in [5, 5.41) is 0. The Morgan fingerprint density at radius 3 is 2.19 bits per heavy atom. The summed E-state index contributed by atoms with van der Waals surface area (Å²) in [6, 6.07) is 3.81. The molecule has 3 nitrogen and oxygen atoms in total. The first-order valence-electron chi connectivity index (χ1n) is 3.59. The Labute approximate surface area is 106 Å². The normalized spacial score (nSPS) is 12.6. The summed E-state index contributed by atoms with van der Waals surface area (Å²) < 4.78 is 61.9. The third-order valence-corrected chi connectivity index (χ3v) is 3.46. The fraction of sp³-hybridized carbons (Fsp3) is 0.143. The predicted octanol–water partition coefficient (Wildman–Crippen LogP) is 3.44. The summed E-state index contributed by atoms with van der Waals surface area (Å²) in [4.78, 5) is 0. The summed E-state index contributed by atoms with van der Waals surface area (Å²) in [7, 11) is -5.63. The molecule has 90 valence electrons. The average molecular weight is 384 g/mol. The van der Waals surface area contributed by atoms with E-state index in [1.807, 2.05) is 0 Å². The van der Waals surface area contributed by atoms with Gasteiger partial charge in [0.15, 0.2) is 5.75 Å². The van der Waals surface area contributed by atoms with Gasteiger partial charge in [0.2, 0.25) is 0 Å². The lowest BCUT2D eigenvalue weighted by Crippen LogP contribution is -2.28. The van der Waals surface area contributed by atoms with E-state index in [-0.39, 0.29) is 4.47 Å². The zero-order valence-electron chi connectivity index (χ0n) is 7.25. The van der Waals surface area contributed by atoms with E-state index in [0.29, 0.717) is 4.47 Å². The van der Waals surface area contributed by atoms with Crippen molar-refractivity contribution in [1.29, 1.82) is 0 Å². The van der Waals surface area contributed by atoms with Crippen LogP contribution in [0.1, 0.15) is 0 Å². The second-order valence-electron chi connectivity index (χ2n) is 2.56. The van der Waals surface area contributed by atoms with Crippen molar-refractivity contribution in [3.8, 4) is 5.75 Å². The van der Waals surface area contributed by atoms with Gasteiger partial charge in [0.1, 0.15) is 0 Å². The third-order valence-electron chi connectivity index (χ3n) is 1.38. The van der Waals surface area contributed by atoms with E-state index in [2.05, 4.69) is 36.0 Å². The molecule has 0 aliphatic rings. The maximum atomic E-state index is 12.0. The second-order valence-corrected chi connectivity index (χ2v) is 5.87. The third kappa shape index (κ3) is 3.11. The number of benzene rings is 1. The minimum absolute atomic E-state index is 0.0923. The molecule has 1 rings (SSSR count). The van der Waals surface area contributed by atoms with Gasteiger partial charge in [-0.15, -0.1) is 0 Å². The molecule has 0 N–H and O–H groups in total. The van der Waals surface area contributed by atoms with Gasteiger partial charge in [-0.25, -0.2) is 0 Å². The fourth-order valence-electron chi connectivity index (χ4n) is 0.708. The molecule has 0 aromatic heterocycles. The Balaban J connectivity index is 3.07. The maximum Gasteiger partial charge on any atom is 0.534 e. The Morgan fingerprint density at radius 1 is 1.19 bits per heavy atom. The van der Waals surface area contributed by atoms with Crippen LogP contribution in [0.15, 0.2) is 27.1 Å². The Hall–Kier alpha value is -0.280. The van der Waals surface area contributed by atoms with Gasteiger partial charge >= 0.3 is 15.6 Å². The minimum Gasteiger partial charge on any atom is -0.375 e. The first kappa shape index (κ1) is 13.8. The zero-order valence-corrected chi connectivity index (χ0v) is 11.2. The molecule has 0 fully saturated rings. The molecule has 0 aliphatic carbocycles. The van der Waals surface area contributed by atoms with Crippen molar-refractivity contribution >= 4 is 42.0 Å². The van der Waals surface area contributed by atoms with Gasteiger partial charge in [-0.3, -0.25) is 0 Å². The number of halogens is 5. The van der Waals surface area contributed by atoms with Crippen LogP contribution in [0, 0.1) is 0 Å². The Bertz CT molecular complexity index is 498. The van der Waals surface area contributed by atoms with Crippen molar-refractivity contribution in [2.24, 2.45) is 0 Å². The molecule has 0 saturated heterocycles. The van der Waals surface area contributed by atoms with Gasteiger partial charge < -0.3 is 4.18 Å². The molecule has 0 radical (unpaired) electrons. The Morgan fingerprint density at radius 2 is 1.75 bits per heavy atom. The summed E-state index contributed by atoms with van der Waals surface area (Å²) >= 11 is 5.94. The van der Waals surface area contributed by atoms with Gasteiger partial charge in [0.25, 0.3) is 0 Å². The SMILES string of the molecule is O=S(=O)(Oc1ccc(Br)cc1Br)C(F)(F)F. The van der Waals surface area contributed by atoms with Crippen molar-refractivity contribution < 1.29 is 25.8 Å². The Kier molecular flexibility index (Phi) is 3.91. The zero-order chi connectivity index (χ0) is 12.6. The van der Waals surface area contributed by atoms with Crippen LogP contribution < -0.4 is 4.18 Å². The second kappa shape index (κ2) is 4.53. The molecule has 0 saturated carbocycles.